The van der Waals surface area contributed by atoms with Crippen LogP contribution in [0.1, 0.15) is 38.7 Å². The van der Waals surface area contributed by atoms with E-state index >= 15 is 0 Å². The predicted octanol–water partition coefficient (Wildman–Crippen LogP) is 2.84. The first-order valence-corrected chi connectivity index (χ1v) is 7.71. The molecule has 0 unspecified atom stereocenters. The lowest BCUT2D eigenvalue weighted by atomic mass is 10.1. The molecule has 0 radical (unpaired) electrons. The Labute approximate surface area is 126 Å². The van der Waals surface area contributed by atoms with E-state index in [0.29, 0.717) is 18.8 Å². The highest BCUT2D eigenvalue weighted by Crippen LogP contribution is 2.14. The number of benzene rings is 1. The Morgan fingerprint density at radius 2 is 1.76 bits per heavy atom. The van der Waals surface area contributed by atoms with Gasteiger partial charge in [0.2, 0.25) is 11.8 Å². The van der Waals surface area contributed by atoms with Crippen molar-refractivity contribution in [3.8, 4) is 0 Å². The lowest BCUT2D eigenvalue weighted by Crippen LogP contribution is -2.29. The summed E-state index contributed by atoms with van der Waals surface area (Å²) in [6.07, 6.45) is 3.20. The second-order valence-electron chi connectivity index (χ2n) is 6.11. The smallest absolute Gasteiger partial charge is 0.226 e. The minimum absolute atomic E-state index is 0.0332. The van der Waals surface area contributed by atoms with Crippen LogP contribution in [0, 0.1) is 5.92 Å². The third-order valence-corrected chi connectivity index (χ3v) is 3.65. The molecule has 1 fully saturated rings. The molecule has 114 valence electrons. The topological polar surface area (TPSA) is 49.4 Å². The van der Waals surface area contributed by atoms with Crippen molar-refractivity contribution in [1.29, 1.82) is 0 Å². The molecule has 2 amide bonds. The van der Waals surface area contributed by atoms with Gasteiger partial charge in [0, 0.05) is 25.2 Å². The maximum atomic E-state index is 12.1. The summed E-state index contributed by atoms with van der Waals surface area (Å²) in [5.41, 5.74) is 1.78. The minimum atomic E-state index is 0.0332. The maximum absolute atomic E-state index is 12.1. The van der Waals surface area contributed by atoms with Crippen molar-refractivity contribution in [3.05, 3.63) is 29.8 Å². The lowest BCUT2D eigenvalue weighted by Gasteiger charge is -2.15. The molecule has 0 bridgehead atoms. The summed E-state index contributed by atoms with van der Waals surface area (Å²) in [4.78, 5) is 25.7. The SMILES string of the molecule is CC(C)CC(=O)Nc1ccc(CC(=O)N2CCCC2)cc1. The van der Waals surface area contributed by atoms with Crippen LogP contribution in [0.25, 0.3) is 0 Å². The van der Waals surface area contributed by atoms with Crippen LogP contribution in [-0.2, 0) is 16.0 Å². The average Bonchev–Trinajstić information content (AvgIpc) is 2.94. The molecule has 1 aliphatic heterocycles. The van der Waals surface area contributed by atoms with Crippen LogP contribution in [0.4, 0.5) is 5.69 Å². The van der Waals surface area contributed by atoms with Gasteiger partial charge in [0.25, 0.3) is 0 Å². The van der Waals surface area contributed by atoms with Gasteiger partial charge in [-0.15, -0.1) is 0 Å². The van der Waals surface area contributed by atoms with E-state index in [1.165, 1.54) is 0 Å². The number of hydrogen-bond donors (Lipinski definition) is 1. The van der Waals surface area contributed by atoms with Crippen LogP contribution in [0.2, 0.25) is 0 Å². The molecule has 1 aromatic carbocycles. The summed E-state index contributed by atoms with van der Waals surface area (Å²) in [7, 11) is 0. The monoisotopic (exact) mass is 288 g/mol. The molecule has 0 aromatic heterocycles. The molecule has 1 aliphatic rings. The van der Waals surface area contributed by atoms with Gasteiger partial charge in [-0.25, -0.2) is 0 Å². The Morgan fingerprint density at radius 3 is 2.33 bits per heavy atom. The molecule has 0 spiro atoms. The molecule has 1 saturated heterocycles. The summed E-state index contributed by atoms with van der Waals surface area (Å²) >= 11 is 0. The van der Waals surface area contributed by atoms with Gasteiger partial charge in [-0.05, 0) is 36.5 Å². The molecule has 4 nitrogen and oxygen atoms in total. The molecule has 0 saturated carbocycles. The van der Waals surface area contributed by atoms with Gasteiger partial charge in [-0.2, -0.15) is 0 Å². The highest BCUT2D eigenvalue weighted by molar-refractivity contribution is 5.90. The zero-order valence-electron chi connectivity index (χ0n) is 12.9. The fraction of sp³-hybridized carbons (Fsp3) is 0.529. The first kappa shape index (κ1) is 15.5. The quantitative estimate of drug-likeness (QED) is 0.905. The van der Waals surface area contributed by atoms with Crippen LogP contribution in [-0.4, -0.2) is 29.8 Å². The van der Waals surface area contributed by atoms with E-state index in [1.54, 1.807) is 0 Å². The van der Waals surface area contributed by atoms with Crippen LogP contribution in [0.3, 0.4) is 0 Å². The molecule has 1 aromatic rings. The van der Waals surface area contributed by atoms with Crippen molar-refractivity contribution in [2.45, 2.75) is 39.5 Å². The fourth-order valence-corrected chi connectivity index (χ4v) is 2.54. The van der Waals surface area contributed by atoms with Gasteiger partial charge < -0.3 is 10.2 Å². The van der Waals surface area contributed by atoms with Crippen molar-refractivity contribution in [2.24, 2.45) is 5.92 Å². The number of anilines is 1. The summed E-state index contributed by atoms with van der Waals surface area (Å²) in [5.74, 6) is 0.581. The lowest BCUT2D eigenvalue weighted by molar-refractivity contribution is -0.129. The fourth-order valence-electron chi connectivity index (χ4n) is 2.54. The molecule has 1 heterocycles. The molecule has 21 heavy (non-hydrogen) atoms. The van der Waals surface area contributed by atoms with Gasteiger partial charge in [0.1, 0.15) is 0 Å². The van der Waals surface area contributed by atoms with E-state index in [-0.39, 0.29) is 11.8 Å². The number of likely N-dealkylation sites (tertiary alicyclic amines) is 1. The average molecular weight is 288 g/mol. The summed E-state index contributed by atoms with van der Waals surface area (Å²) < 4.78 is 0. The van der Waals surface area contributed by atoms with Gasteiger partial charge >= 0.3 is 0 Å². The van der Waals surface area contributed by atoms with Crippen molar-refractivity contribution < 1.29 is 9.59 Å². The highest BCUT2D eigenvalue weighted by Gasteiger charge is 2.17. The molecule has 1 N–H and O–H groups in total. The van der Waals surface area contributed by atoms with Gasteiger partial charge in [0.15, 0.2) is 0 Å². The number of nitrogens with one attached hydrogen (secondary N) is 1. The van der Waals surface area contributed by atoms with Gasteiger partial charge in [-0.3, -0.25) is 9.59 Å². The maximum Gasteiger partial charge on any atom is 0.226 e. The van der Waals surface area contributed by atoms with E-state index in [0.717, 1.165) is 37.2 Å². The Balaban J connectivity index is 1.86. The minimum Gasteiger partial charge on any atom is -0.342 e. The summed E-state index contributed by atoms with van der Waals surface area (Å²) in [5, 5.41) is 2.87. The normalized spacial score (nSPS) is 14.5. The van der Waals surface area contributed by atoms with Crippen LogP contribution in [0.5, 0.6) is 0 Å². The highest BCUT2D eigenvalue weighted by atomic mass is 16.2. The molecular formula is C17H24N2O2. The Kier molecular flexibility index (Phi) is 5.37. The van der Waals surface area contributed by atoms with Crippen LogP contribution < -0.4 is 5.32 Å². The van der Waals surface area contributed by atoms with Crippen LogP contribution in [0.15, 0.2) is 24.3 Å². The first-order chi connectivity index (χ1) is 10.0. The van der Waals surface area contributed by atoms with E-state index in [1.807, 2.05) is 43.0 Å². The first-order valence-electron chi connectivity index (χ1n) is 7.71. The number of nitrogens with zero attached hydrogens (tertiary/aromatic N) is 1. The second kappa shape index (κ2) is 7.25. The third-order valence-electron chi connectivity index (χ3n) is 3.65. The van der Waals surface area contributed by atoms with Crippen molar-refractivity contribution in [3.63, 3.8) is 0 Å². The number of hydrogen-bond acceptors (Lipinski definition) is 2. The van der Waals surface area contributed by atoms with Crippen molar-refractivity contribution in [2.75, 3.05) is 18.4 Å². The number of carbonyl (C=O) groups excluding carboxylic acids is 2. The predicted molar refractivity (Wildman–Crippen MR) is 84.0 cm³/mol. The Morgan fingerprint density at radius 1 is 1.14 bits per heavy atom. The molecule has 0 aliphatic carbocycles. The standard InChI is InChI=1S/C17H24N2O2/c1-13(2)11-16(20)18-15-7-5-14(6-8-15)12-17(21)19-9-3-4-10-19/h5-8,13H,3-4,9-12H2,1-2H3,(H,18,20). The molecule has 4 heteroatoms. The molecular weight excluding hydrogens is 264 g/mol. The number of amides is 2. The van der Waals surface area contributed by atoms with Gasteiger partial charge in [0.05, 0.1) is 6.42 Å². The molecule has 0 atom stereocenters. The summed E-state index contributed by atoms with van der Waals surface area (Å²) in [6.45, 7) is 5.82. The van der Waals surface area contributed by atoms with Crippen LogP contribution >= 0.6 is 0 Å². The number of carbonyl (C=O) groups is 2. The Bertz CT molecular complexity index is 488. The largest absolute Gasteiger partial charge is 0.342 e. The zero-order valence-corrected chi connectivity index (χ0v) is 12.9. The summed E-state index contributed by atoms with van der Waals surface area (Å²) in [6, 6.07) is 7.56. The van der Waals surface area contributed by atoms with E-state index in [4.69, 9.17) is 0 Å². The Hall–Kier alpha value is -1.84. The van der Waals surface area contributed by atoms with E-state index in [9.17, 15) is 9.59 Å². The zero-order chi connectivity index (χ0) is 15.2. The third kappa shape index (κ3) is 4.88. The number of rotatable bonds is 5. The van der Waals surface area contributed by atoms with Gasteiger partial charge in [-0.1, -0.05) is 26.0 Å². The molecule has 2 rings (SSSR count). The van der Waals surface area contributed by atoms with E-state index in [2.05, 4.69) is 5.32 Å². The van der Waals surface area contributed by atoms with E-state index < -0.39 is 0 Å². The van der Waals surface area contributed by atoms with Crippen molar-refractivity contribution >= 4 is 17.5 Å². The van der Waals surface area contributed by atoms with Crippen molar-refractivity contribution in [1.82, 2.24) is 4.90 Å². The second-order valence-corrected chi connectivity index (χ2v) is 6.11.